The minimum Gasteiger partial charge on any atom is -0.291 e. The number of carbonyl (C=O) groups excluding carboxylic acids is 1. The Labute approximate surface area is 123 Å². The highest BCUT2D eigenvalue weighted by atomic mass is 32.2. The van der Waals surface area contributed by atoms with Crippen LogP contribution in [0.15, 0.2) is 24.3 Å². The van der Waals surface area contributed by atoms with E-state index in [9.17, 15) is 4.79 Å². The van der Waals surface area contributed by atoms with Crippen LogP contribution in [0.3, 0.4) is 0 Å². The smallest absolute Gasteiger partial charge is 0.176 e. The maximum atomic E-state index is 10.1. The van der Waals surface area contributed by atoms with Gasteiger partial charge in [0.05, 0.1) is 0 Å². The van der Waals surface area contributed by atoms with Crippen molar-refractivity contribution in [2.45, 2.75) is 71.1 Å². The van der Waals surface area contributed by atoms with E-state index in [-0.39, 0.29) is 0 Å². The molecule has 0 rings (SSSR count). The van der Waals surface area contributed by atoms with Crippen molar-refractivity contribution in [1.82, 2.24) is 0 Å². The highest BCUT2D eigenvalue weighted by Gasteiger charge is 1.89. The third-order valence-electron chi connectivity index (χ3n) is 3.03. The maximum absolute atomic E-state index is 10.1. The third-order valence-corrected chi connectivity index (χ3v) is 3.69. The molecule has 0 unspecified atom stereocenters. The molecule has 0 aliphatic heterocycles. The van der Waals surface area contributed by atoms with Crippen LogP contribution in [-0.2, 0) is 4.79 Å². The molecular weight excluding hydrogens is 252 g/mol. The molecule has 19 heavy (non-hydrogen) atoms. The second-order valence-electron chi connectivity index (χ2n) is 4.84. The van der Waals surface area contributed by atoms with Crippen LogP contribution in [0.25, 0.3) is 0 Å². The molecule has 0 radical (unpaired) electrons. The SMILES string of the molecule is CCCCCC=CCC=CCCCCCCSC=O. The summed E-state index contributed by atoms with van der Waals surface area (Å²) in [5, 5.41) is 0. The standard InChI is InChI=1S/C17H30OS/c1-2-3-4-5-6-7-8-9-10-11-12-13-14-15-16-19-17-18/h6-7,9-10,17H,2-5,8,11-16H2,1H3. The Balaban J connectivity index is 3.14. The summed E-state index contributed by atoms with van der Waals surface area (Å²) in [5.41, 5.74) is 0.943. The van der Waals surface area contributed by atoms with Crippen molar-refractivity contribution in [3.8, 4) is 0 Å². The van der Waals surface area contributed by atoms with E-state index >= 15 is 0 Å². The summed E-state index contributed by atoms with van der Waals surface area (Å²) in [6.45, 7) is 2.24. The Hall–Kier alpha value is -0.500. The summed E-state index contributed by atoms with van der Waals surface area (Å²) >= 11 is 1.39. The van der Waals surface area contributed by atoms with Crippen molar-refractivity contribution in [3.63, 3.8) is 0 Å². The van der Waals surface area contributed by atoms with Gasteiger partial charge in [0.15, 0.2) is 5.62 Å². The Kier molecular flexibility index (Phi) is 17.0. The zero-order valence-electron chi connectivity index (χ0n) is 12.5. The van der Waals surface area contributed by atoms with Crippen molar-refractivity contribution in [2.24, 2.45) is 0 Å². The molecule has 0 aliphatic rings. The summed E-state index contributed by atoms with van der Waals surface area (Å²) in [7, 11) is 0. The lowest BCUT2D eigenvalue weighted by Gasteiger charge is -1.96. The number of thioether (sulfide) groups is 1. The average Bonchev–Trinajstić information content (AvgIpc) is 2.43. The second-order valence-corrected chi connectivity index (χ2v) is 5.78. The number of unbranched alkanes of at least 4 members (excludes halogenated alkanes) is 7. The molecule has 0 saturated carbocycles. The summed E-state index contributed by atoms with van der Waals surface area (Å²) in [5.74, 6) is 0.988. The van der Waals surface area contributed by atoms with Crippen molar-refractivity contribution in [2.75, 3.05) is 5.75 Å². The van der Waals surface area contributed by atoms with Crippen LogP contribution in [0.1, 0.15) is 71.1 Å². The molecule has 0 spiro atoms. The number of hydrogen-bond acceptors (Lipinski definition) is 2. The molecule has 0 bridgehead atoms. The molecule has 110 valence electrons. The summed E-state index contributed by atoms with van der Waals surface area (Å²) in [4.78, 5) is 10.1. The van der Waals surface area contributed by atoms with Gasteiger partial charge in [0.25, 0.3) is 0 Å². The Morgan fingerprint density at radius 2 is 1.42 bits per heavy atom. The summed E-state index contributed by atoms with van der Waals surface area (Å²) < 4.78 is 0. The first-order chi connectivity index (χ1) is 9.41. The fourth-order valence-corrected chi connectivity index (χ4v) is 2.34. The van der Waals surface area contributed by atoms with E-state index in [1.165, 1.54) is 69.5 Å². The van der Waals surface area contributed by atoms with Gasteiger partial charge in [0.1, 0.15) is 0 Å². The monoisotopic (exact) mass is 282 g/mol. The Morgan fingerprint density at radius 1 is 0.789 bits per heavy atom. The minimum atomic E-state index is 0.943. The van der Waals surface area contributed by atoms with Crippen molar-refractivity contribution in [1.29, 1.82) is 0 Å². The van der Waals surface area contributed by atoms with Crippen molar-refractivity contribution >= 4 is 17.4 Å². The first-order valence-corrected chi connectivity index (χ1v) is 8.82. The van der Waals surface area contributed by atoms with E-state index in [1.807, 2.05) is 0 Å². The lowest BCUT2D eigenvalue weighted by atomic mass is 10.1. The van der Waals surface area contributed by atoms with E-state index < -0.39 is 0 Å². The van der Waals surface area contributed by atoms with Gasteiger partial charge in [0.2, 0.25) is 0 Å². The van der Waals surface area contributed by atoms with Gasteiger partial charge in [-0.3, -0.25) is 4.79 Å². The molecule has 1 nitrogen and oxygen atoms in total. The summed E-state index contributed by atoms with van der Waals surface area (Å²) in [6, 6.07) is 0. The van der Waals surface area contributed by atoms with E-state index in [2.05, 4.69) is 31.2 Å². The van der Waals surface area contributed by atoms with Crippen LogP contribution in [0.4, 0.5) is 0 Å². The largest absolute Gasteiger partial charge is 0.291 e. The van der Waals surface area contributed by atoms with Gasteiger partial charge in [-0.2, -0.15) is 0 Å². The highest BCUT2D eigenvalue weighted by molar-refractivity contribution is 8.11. The van der Waals surface area contributed by atoms with E-state index in [0.29, 0.717) is 0 Å². The van der Waals surface area contributed by atoms with Gasteiger partial charge in [-0.1, -0.05) is 68.7 Å². The minimum absolute atomic E-state index is 0.943. The molecule has 0 amide bonds. The number of carbonyl (C=O) groups is 1. The van der Waals surface area contributed by atoms with Gasteiger partial charge < -0.3 is 0 Å². The van der Waals surface area contributed by atoms with E-state index in [1.54, 1.807) is 0 Å². The number of hydrogen-bond donors (Lipinski definition) is 0. The Bertz CT molecular complexity index is 233. The van der Waals surface area contributed by atoms with Crippen LogP contribution in [0.5, 0.6) is 0 Å². The van der Waals surface area contributed by atoms with E-state index in [4.69, 9.17) is 0 Å². The molecule has 0 atom stereocenters. The fraction of sp³-hybridized carbons (Fsp3) is 0.706. The topological polar surface area (TPSA) is 17.1 Å². The second kappa shape index (κ2) is 17.5. The zero-order valence-corrected chi connectivity index (χ0v) is 13.3. The van der Waals surface area contributed by atoms with Crippen molar-refractivity contribution in [3.05, 3.63) is 24.3 Å². The molecule has 0 fully saturated rings. The number of allylic oxidation sites excluding steroid dienone is 4. The molecule has 0 saturated heterocycles. The van der Waals surface area contributed by atoms with Crippen LogP contribution in [0.2, 0.25) is 0 Å². The molecule has 0 aliphatic carbocycles. The van der Waals surface area contributed by atoms with Crippen LogP contribution in [0, 0.1) is 0 Å². The van der Waals surface area contributed by atoms with Gasteiger partial charge in [-0.25, -0.2) is 0 Å². The van der Waals surface area contributed by atoms with Gasteiger partial charge in [0, 0.05) is 5.75 Å². The molecule has 0 aromatic heterocycles. The van der Waals surface area contributed by atoms with Crippen LogP contribution >= 0.6 is 11.8 Å². The van der Waals surface area contributed by atoms with Crippen LogP contribution < -0.4 is 0 Å². The predicted molar refractivity (Wildman–Crippen MR) is 89.3 cm³/mol. The molecule has 0 N–H and O–H groups in total. The first kappa shape index (κ1) is 18.5. The molecule has 0 aromatic rings. The van der Waals surface area contributed by atoms with Crippen LogP contribution in [-0.4, -0.2) is 11.4 Å². The molecule has 0 aromatic carbocycles. The normalized spacial score (nSPS) is 11.6. The van der Waals surface area contributed by atoms with Gasteiger partial charge >= 0.3 is 0 Å². The fourth-order valence-electron chi connectivity index (χ4n) is 1.87. The first-order valence-electron chi connectivity index (χ1n) is 7.77. The third kappa shape index (κ3) is 17.5. The Morgan fingerprint density at radius 3 is 2.05 bits per heavy atom. The lowest BCUT2D eigenvalue weighted by molar-refractivity contribution is 0.570. The molecular formula is C17H30OS. The number of rotatable bonds is 14. The van der Waals surface area contributed by atoms with Crippen molar-refractivity contribution < 1.29 is 4.79 Å². The lowest BCUT2D eigenvalue weighted by Crippen LogP contribution is -1.81. The predicted octanol–water partition coefficient (Wildman–Crippen LogP) is 5.94. The summed E-state index contributed by atoms with van der Waals surface area (Å²) in [6.07, 6.45) is 21.7. The molecule has 0 heterocycles. The quantitative estimate of drug-likeness (QED) is 0.223. The highest BCUT2D eigenvalue weighted by Crippen LogP contribution is 2.07. The average molecular weight is 282 g/mol. The van der Waals surface area contributed by atoms with Gasteiger partial charge in [-0.15, -0.1) is 0 Å². The zero-order chi connectivity index (χ0) is 14.0. The molecule has 2 heteroatoms. The maximum Gasteiger partial charge on any atom is 0.176 e. The van der Waals surface area contributed by atoms with Gasteiger partial charge in [-0.05, 0) is 38.5 Å². The van der Waals surface area contributed by atoms with E-state index in [0.717, 1.165) is 17.8 Å².